The lowest BCUT2D eigenvalue weighted by Gasteiger charge is -2.16. The minimum atomic E-state index is -0.783. The number of hydrogen-bond acceptors (Lipinski definition) is 2. The van der Waals surface area contributed by atoms with Gasteiger partial charge >= 0.3 is 5.97 Å². The van der Waals surface area contributed by atoms with Crippen LogP contribution in [-0.2, 0) is 17.8 Å². The molecule has 18 heavy (non-hydrogen) atoms. The third-order valence-electron chi connectivity index (χ3n) is 3.10. The molecular weight excluding hydrogens is 226 g/mol. The van der Waals surface area contributed by atoms with Gasteiger partial charge in [-0.2, -0.15) is 0 Å². The summed E-state index contributed by atoms with van der Waals surface area (Å²) in [5, 5.41) is 12.2. The fourth-order valence-corrected chi connectivity index (χ4v) is 2.01. The number of carboxylic acids is 1. The fraction of sp³-hybridized carbons (Fsp3) is 0.533. The molecule has 0 radical (unpaired) electrons. The molecule has 0 amide bonds. The van der Waals surface area contributed by atoms with Gasteiger partial charge in [-0.15, -0.1) is 0 Å². The molecule has 0 bridgehead atoms. The van der Waals surface area contributed by atoms with Gasteiger partial charge in [0.15, 0.2) is 0 Å². The molecule has 3 nitrogen and oxygen atoms in total. The molecule has 100 valence electrons. The first-order valence-electron chi connectivity index (χ1n) is 6.68. The summed E-state index contributed by atoms with van der Waals surface area (Å²) in [6, 6.07) is 8.37. The minimum absolute atomic E-state index is 0.0983. The number of hydrogen-bond donors (Lipinski definition) is 2. The maximum absolute atomic E-state index is 10.6. The van der Waals surface area contributed by atoms with Crippen LogP contribution in [0.15, 0.2) is 24.3 Å². The molecule has 0 heterocycles. The Balaban J connectivity index is 2.45. The van der Waals surface area contributed by atoms with E-state index in [1.807, 2.05) is 24.3 Å². The summed E-state index contributed by atoms with van der Waals surface area (Å²) in [6.07, 6.45) is 3.64. The molecule has 1 unspecified atom stereocenters. The molecular formula is C15H23NO2. The highest BCUT2D eigenvalue weighted by atomic mass is 16.4. The van der Waals surface area contributed by atoms with Crippen LogP contribution in [0.5, 0.6) is 0 Å². The topological polar surface area (TPSA) is 49.3 Å². The summed E-state index contributed by atoms with van der Waals surface area (Å²) in [6.45, 7) is 5.25. The van der Waals surface area contributed by atoms with Gasteiger partial charge in [-0.05, 0) is 24.0 Å². The van der Waals surface area contributed by atoms with Gasteiger partial charge in [-0.25, -0.2) is 0 Å². The van der Waals surface area contributed by atoms with Crippen LogP contribution in [0.25, 0.3) is 0 Å². The number of rotatable bonds is 8. The van der Waals surface area contributed by atoms with Crippen LogP contribution in [0, 0.1) is 0 Å². The fourth-order valence-electron chi connectivity index (χ4n) is 2.01. The molecule has 0 aliphatic rings. The Labute approximate surface area is 109 Å². The summed E-state index contributed by atoms with van der Waals surface area (Å²) in [4.78, 5) is 10.6. The SMILES string of the molecule is CCCC(CC)NCc1ccc(CC(=O)O)cc1. The van der Waals surface area contributed by atoms with E-state index in [2.05, 4.69) is 19.2 Å². The van der Waals surface area contributed by atoms with Crippen LogP contribution < -0.4 is 5.32 Å². The average Bonchev–Trinajstić information content (AvgIpc) is 2.35. The molecule has 0 saturated heterocycles. The van der Waals surface area contributed by atoms with Gasteiger partial charge in [0.25, 0.3) is 0 Å². The summed E-state index contributed by atoms with van der Waals surface area (Å²) < 4.78 is 0. The van der Waals surface area contributed by atoms with Crippen LogP contribution >= 0.6 is 0 Å². The first kappa shape index (κ1) is 14.7. The molecule has 3 heteroatoms. The van der Waals surface area contributed by atoms with Crippen molar-refractivity contribution in [3.63, 3.8) is 0 Å². The minimum Gasteiger partial charge on any atom is -0.481 e. The van der Waals surface area contributed by atoms with Crippen LogP contribution in [0.2, 0.25) is 0 Å². The normalized spacial score (nSPS) is 12.3. The summed E-state index contributed by atoms with van der Waals surface area (Å²) in [5.74, 6) is -0.783. The largest absolute Gasteiger partial charge is 0.481 e. The third-order valence-corrected chi connectivity index (χ3v) is 3.10. The second kappa shape index (κ2) is 7.88. The van der Waals surface area contributed by atoms with E-state index < -0.39 is 5.97 Å². The lowest BCUT2D eigenvalue weighted by atomic mass is 10.1. The number of aliphatic carboxylic acids is 1. The van der Waals surface area contributed by atoms with Gasteiger partial charge in [-0.1, -0.05) is 44.5 Å². The Hall–Kier alpha value is -1.35. The molecule has 0 aromatic heterocycles. The van der Waals surface area contributed by atoms with Crippen molar-refractivity contribution in [3.05, 3.63) is 35.4 Å². The van der Waals surface area contributed by atoms with Crippen LogP contribution in [0.4, 0.5) is 0 Å². The summed E-state index contributed by atoms with van der Waals surface area (Å²) in [7, 11) is 0. The van der Waals surface area contributed by atoms with E-state index in [4.69, 9.17) is 5.11 Å². The molecule has 0 fully saturated rings. The zero-order valence-corrected chi connectivity index (χ0v) is 11.3. The van der Waals surface area contributed by atoms with E-state index in [0.29, 0.717) is 6.04 Å². The standard InChI is InChI=1S/C15H23NO2/c1-3-5-14(4-2)16-11-13-8-6-12(7-9-13)10-15(17)18/h6-9,14,16H,3-5,10-11H2,1-2H3,(H,17,18). The van der Waals surface area contributed by atoms with Crippen molar-refractivity contribution in [2.45, 2.75) is 52.1 Å². The van der Waals surface area contributed by atoms with E-state index >= 15 is 0 Å². The zero-order chi connectivity index (χ0) is 13.4. The van der Waals surface area contributed by atoms with E-state index in [0.717, 1.165) is 18.5 Å². The van der Waals surface area contributed by atoms with Crippen molar-refractivity contribution < 1.29 is 9.90 Å². The second-order valence-corrected chi connectivity index (χ2v) is 4.66. The molecule has 1 atom stereocenters. The quantitative estimate of drug-likeness (QED) is 0.744. The van der Waals surface area contributed by atoms with Crippen LogP contribution in [-0.4, -0.2) is 17.1 Å². The van der Waals surface area contributed by atoms with Crippen molar-refractivity contribution in [2.24, 2.45) is 0 Å². The number of nitrogens with one attached hydrogen (secondary N) is 1. The van der Waals surface area contributed by atoms with Gasteiger partial charge in [0.05, 0.1) is 6.42 Å². The molecule has 1 aromatic rings. The third kappa shape index (κ3) is 5.32. The molecule has 0 aliphatic heterocycles. The number of benzene rings is 1. The molecule has 1 aromatic carbocycles. The van der Waals surface area contributed by atoms with Crippen molar-refractivity contribution in [1.82, 2.24) is 5.32 Å². The molecule has 0 saturated carbocycles. The smallest absolute Gasteiger partial charge is 0.307 e. The Morgan fingerprint density at radius 3 is 2.33 bits per heavy atom. The van der Waals surface area contributed by atoms with Gasteiger partial charge in [0, 0.05) is 12.6 Å². The first-order chi connectivity index (χ1) is 8.65. The van der Waals surface area contributed by atoms with Crippen molar-refractivity contribution in [1.29, 1.82) is 0 Å². The highest BCUT2D eigenvalue weighted by molar-refractivity contribution is 5.70. The Bertz CT molecular complexity index is 359. The predicted octanol–water partition coefficient (Wildman–Crippen LogP) is 2.98. The highest BCUT2D eigenvalue weighted by Crippen LogP contribution is 2.07. The van der Waals surface area contributed by atoms with Crippen LogP contribution in [0.3, 0.4) is 0 Å². The number of carboxylic acid groups (broad SMARTS) is 1. The molecule has 0 spiro atoms. The zero-order valence-electron chi connectivity index (χ0n) is 11.3. The van der Waals surface area contributed by atoms with Crippen molar-refractivity contribution in [3.8, 4) is 0 Å². The Morgan fingerprint density at radius 1 is 1.22 bits per heavy atom. The van der Waals surface area contributed by atoms with Gasteiger partial charge in [-0.3, -0.25) is 4.79 Å². The van der Waals surface area contributed by atoms with Gasteiger partial charge in [0.2, 0.25) is 0 Å². The van der Waals surface area contributed by atoms with E-state index in [1.54, 1.807) is 0 Å². The van der Waals surface area contributed by atoms with E-state index in [-0.39, 0.29) is 6.42 Å². The second-order valence-electron chi connectivity index (χ2n) is 4.66. The van der Waals surface area contributed by atoms with E-state index in [1.165, 1.54) is 18.4 Å². The van der Waals surface area contributed by atoms with Gasteiger partial charge in [0.1, 0.15) is 0 Å². The average molecular weight is 249 g/mol. The number of carbonyl (C=O) groups is 1. The highest BCUT2D eigenvalue weighted by Gasteiger charge is 2.04. The molecule has 0 aliphatic carbocycles. The van der Waals surface area contributed by atoms with Gasteiger partial charge < -0.3 is 10.4 Å². The predicted molar refractivity (Wildman–Crippen MR) is 73.6 cm³/mol. The van der Waals surface area contributed by atoms with E-state index in [9.17, 15) is 4.79 Å². The lowest BCUT2D eigenvalue weighted by Crippen LogP contribution is -2.27. The summed E-state index contributed by atoms with van der Waals surface area (Å²) in [5.41, 5.74) is 2.06. The van der Waals surface area contributed by atoms with Crippen molar-refractivity contribution in [2.75, 3.05) is 0 Å². The van der Waals surface area contributed by atoms with Crippen molar-refractivity contribution >= 4 is 5.97 Å². The summed E-state index contributed by atoms with van der Waals surface area (Å²) >= 11 is 0. The molecule has 1 rings (SSSR count). The lowest BCUT2D eigenvalue weighted by molar-refractivity contribution is -0.136. The molecule has 2 N–H and O–H groups in total. The first-order valence-corrected chi connectivity index (χ1v) is 6.68. The Kier molecular flexibility index (Phi) is 6.44. The maximum Gasteiger partial charge on any atom is 0.307 e. The van der Waals surface area contributed by atoms with Crippen LogP contribution in [0.1, 0.15) is 44.2 Å². The monoisotopic (exact) mass is 249 g/mol. The maximum atomic E-state index is 10.6. The Morgan fingerprint density at radius 2 is 1.83 bits per heavy atom.